The number of nitrogens with one attached hydrogen (secondary N) is 1. The van der Waals surface area contributed by atoms with Crippen molar-refractivity contribution < 1.29 is 49.4 Å². The molecule has 4 rings (SSSR count). The zero-order valence-electron chi connectivity index (χ0n) is 22.9. The number of carbonyl (C=O) groups excluding carboxylic acids is 1. The highest BCUT2D eigenvalue weighted by Crippen LogP contribution is 2.37. The summed E-state index contributed by atoms with van der Waals surface area (Å²) in [6, 6.07) is 8.29. The summed E-state index contributed by atoms with van der Waals surface area (Å²) in [6.45, 7) is -3.71. The van der Waals surface area contributed by atoms with Crippen LogP contribution in [0.15, 0.2) is 64.6 Å². The molecule has 0 spiro atoms. The standard InChI is InChI=1S/C27H26Cl2F2N2O9S2/c1-43(36,37)18-5-7-19(8-6-18)44(38,39)32-12-26(34)41-24(11-20-21(28)13-33(35)14-22(20)29)17-4-9-23(42-27(30)31)25(10-17)40-15-16-2-3-16/h4-10,13-14,16,24,27,32H,2-3,11-12,15H2,1H3. The first-order valence-electron chi connectivity index (χ1n) is 12.9. The van der Waals surface area contributed by atoms with E-state index < -0.39 is 45.1 Å². The Hall–Kier alpha value is -3.24. The summed E-state index contributed by atoms with van der Waals surface area (Å²) in [5.74, 6) is -1.05. The van der Waals surface area contributed by atoms with E-state index in [1.165, 1.54) is 18.2 Å². The van der Waals surface area contributed by atoms with Crippen LogP contribution in [0.5, 0.6) is 11.5 Å². The van der Waals surface area contributed by atoms with Gasteiger partial charge in [0.2, 0.25) is 10.0 Å². The zero-order chi connectivity index (χ0) is 32.2. The second kappa shape index (κ2) is 13.8. The Bertz CT molecular complexity index is 1720. The molecule has 3 aromatic rings. The van der Waals surface area contributed by atoms with E-state index in [4.69, 9.17) is 32.7 Å². The van der Waals surface area contributed by atoms with E-state index in [-0.39, 0.29) is 61.4 Å². The molecular weight excluding hydrogens is 669 g/mol. The molecule has 44 heavy (non-hydrogen) atoms. The lowest BCUT2D eigenvalue weighted by Crippen LogP contribution is -2.32. The number of benzene rings is 2. The lowest BCUT2D eigenvalue weighted by Gasteiger charge is -2.21. The van der Waals surface area contributed by atoms with Crippen molar-refractivity contribution in [3.63, 3.8) is 0 Å². The predicted octanol–water partition coefficient (Wildman–Crippen LogP) is 4.23. The van der Waals surface area contributed by atoms with Crippen LogP contribution < -0.4 is 18.9 Å². The molecule has 11 nitrogen and oxygen atoms in total. The van der Waals surface area contributed by atoms with Gasteiger partial charge < -0.3 is 19.4 Å². The Morgan fingerprint density at radius 1 is 1.02 bits per heavy atom. The monoisotopic (exact) mass is 694 g/mol. The Labute approximate surface area is 262 Å². The predicted molar refractivity (Wildman–Crippen MR) is 154 cm³/mol. The van der Waals surface area contributed by atoms with Crippen molar-refractivity contribution in [3.05, 3.63) is 81.2 Å². The van der Waals surface area contributed by atoms with Crippen LogP contribution in [0.25, 0.3) is 0 Å². The topological polar surface area (TPSA) is 152 Å². The molecule has 0 amide bonds. The lowest BCUT2D eigenvalue weighted by atomic mass is 10.0. The van der Waals surface area contributed by atoms with Gasteiger partial charge in [-0.15, -0.1) is 0 Å². The number of aromatic nitrogens is 1. The first-order chi connectivity index (χ1) is 20.6. The Morgan fingerprint density at radius 3 is 2.20 bits per heavy atom. The van der Waals surface area contributed by atoms with Gasteiger partial charge in [0.1, 0.15) is 22.7 Å². The van der Waals surface area contributed by atoms with Gasteiger partial charge in [-0.1, -0.05) is 29.3 Å². The maximum absolute atomic E-state index is 13.0. The number of nitrogens with zero attached hydrogens (tertiary/aromatic N) is 1. The molecule has 1 aliphatic rings. The summed E-state index contributed by atoms with van der Waals surface area (Å²) < 4.78 is 93.3. The summed E-state index contributed by atoms with van der Waals surface area (Å²) in [7, 11) is -7.82. The number of halogens is 4. The van der Waals surface area contributed by atoms with Crippen LogP contribution in [0, 0.1) is 11.1 Å². The van der Waals surface area contributed by atoms with Crippen molar-refractivity contribution in [3.8, 4) is 11.5 Å². The molecule has 1 N–H and O–H groups in total. The van der Waals surface area contributed by atoms with E-state index in [0.29, 0.717) is 4.73 Å². The van der Waals surface area contributed by atoms with Crippen LogP contribution in [0.2, 0.25) is 10.0 Å². The number of sulfone groups is 1. The third-order valence-corrected chi connectivity index (χ3v) is 9.61. The summed E-state index contributed by atoms with van der Waals surface area (Å²) in [5, 5.41) is 11.6. The molecule has 1 heterocycles. The third kappa shape index (κ3) is 9.14. The van der Waals surface area contributed by atoms with E-state index in [1.54, 1.807) is 0 Å². The second-order valence-electron chi connectivity index (χ2n) is 9.88. The van der Waals surface area contributed by atoms with Gasteiger partial charge in [-0.05, 0) is 60.7 Å². The SMILES string of the molecule is CS(=O)(=O)c1ccc(S(=O)(=O)NCC(=O)OC(Cc2c(Cl)c[n+]([O-])cc2Cl)c2ccc(OC(F)F)c(OCC3CC3)c2)cc1. The van der Waals surface area contributed by atoms with Crippen LogP contribution in [0.1, 0.15) is 30.1 Å². The highest BCUT2D eigenvalue weighted by Gasteiger charge is 2.27. The van der Waals surface area contributed by atoms with E-state index in [9.17, 15) is 35.6 Å². The number of rotatable bonds is 14. The maximum Gasteiger partial charge on any atom is 0.387 e. The van der Waals surface area contributed by atoms with Crippen LogP contribution in [0.3, 0.4) is 0 Å². The summed E-state index contributed by atoms with van der Waals surface area (Å²) >= 11 is 12.5. The Kier molecular flexibility index (Phi) is 10.6. The fourth-order valence-electron chi connectivity index (χ4n) is 3.97. The van der Waals surface area contributed by atoms with Crippen molar-refractivity contribution in [1.29, 1.82) is 0 Å². The van der Waals surface area contributed by atoms with E-state index in [1.807, 2.05) is 0 Å². The summed E-state index contributed by atoms with van der Waals surface area (Å²) in [5.41, 5.74) is 0.467. The third-order valence-electron chi connectivity index (χ3n) is 6.42. The summed E-state index contributed by atoms with van der Waals surface area (Å²) in [6.07, 6.45) is 3.49. The average molecular weight is 696 g/mol. The highest BCUT2D eigenvalue weighted by molar-refractivity contribution is 7.90. The van der Waals surface area contributed by atoms with Gasteiger partial charge in [0.05, 0.1) is 16.4 Å². The van der Waals surface area contributed by atoms with Crippen molar-refractivity contribution in [2.24, 2.45) is 5.92 Å². The van der Waals surface area contributed by atoms with Gasteiger partial charge in [0.25, 0.3) is 0 Å². The lowest BCUT2D eigenvalue weighted by molar-refractivity contribution is -0.605. The van der Waals surface area contributed by atoms with Gasteiger partial charge in [0, 0.05) is 18.2 Å². The van der Waals surface area contributed by atoms with Gasteiger partial charge >= 0.3 is 12.6 Å². The van der Waals surface area contributed by atoms with Crippen LogP contribution in [0.4, 0.5) is 8.78 Å². The molecule has 0 radical (unpaired) electrons. The van der Waals surface area contributed by atoms with Crippen LogP contribution in [-0.4, -0.2) is 48.8 Å². The molecule has 1 fully saturated rings. The smallest absolute Gasteiger partial charge is 0.387 e. The first-order valence-corrected chi connectivity index (χ1v) is 17.0. The molecule has 0 bridgehead atoms. The number of ether oxygens (including phenoxy) is 3. The molecular formula is C27H26Cl2F2N2O9S2. The normalized spacial score (nSPS) is 14.3. The van der Waals surface area contributed by atoms with Gasteiger partial charge in [-0.2, -0.15) is 18.2 Å². The van der Waals surface area contributed by atoms with E-state index >= 15 is 0 Å². The minimum absolute atomic E-state index is 0.0309. The zero-order valence-corrected chi connectivity index (χ0v) is 26.1. The van der Waals surface area contributed by atoms with E-state index in [0.717, 1.165) is 55.8 Å². The summed E-state index contributed by atoms with van der Waals surface area (Å²) in [4.78, 5) is 12.5. The number of esters is 1. The molecule has 1 unspecified atom stereocenters. The molecule has 0 saturated heterocycles. The van der Waals surface area contributed by atoms with Gasteiger partial charge in [0.15, 0.2) is 33.7 Å². The number of carbonyl (C=O) groups is 1. The number of hydrogen-bond acceptors (Lipinski definition) is 9. The fourth-order valence-corrected chi connectivity index (χ4v) is 6.16. The number of alkyl halides is 2. The maximum atomic E-state index is 13.0. The van der Waals surface area contributed by atoms with Gasteiger partial charge in [-0.3, -0.25) is 4.79 Å². The molecule has 1 saturated carbocycles. The Morgan fingerprint density at radius 2 is 1.64 bits per heavy atom. The van der Waals surface area contributed by atoms with Crippen LogP contribution >= 0.6 is 23.2 Å². The molecule has 1 aromatic heterocycles. The van der Waals surface area contributed by atoms with Gasteiger partial charge in [-0.25, -0.2) is 16.8 Å². The highest BCUT2D eigenvalue weighted by atomic mass is 35.5. The van der Waals surface area contributed by atoms with Crippen molar-refractivity contribution in [1.82, 2.24) is 4.72 Å². The molecule has 0 aliphatic heterocycles. The number of pyridine rings is 1. The first kappa shape index (κ1) is 33.6. The fraction of sp³-hybridized carbons (Fsp3) is 0.333. The van der Waals surface area contributed by atoms with Crippen molar-refractivity contribution >= 4 is 49.0 Å². The van der Waals surface area contributed by atoms with Crippen molar-refractivity contribution in [2.75, 3.05) is 19.4 Å². The van der Waals surface area contributed by atoms with Crippen LogP contribution in [-0.2, 0) is 35.8 Å². The quantitative estimate of drug-likeness (QED) is 0.148. The number of hydrogen-bond donors (Lipinski definition) is 1. The molecule has 2 aromatic carbocycles. The van der Waals surface area contributed by atoms with E-state index in [2.05, 4.69) is 9.46 Å². The molecule has 1 aliphatic carbocycles. The Balaban J connectivity index is 1.58. The van der Waals surface area contributed by atoms with Crippen molar-refractivity contribution in [2.45, 2.75) is 41.8 Å². The molecule has 238 valence electrons. The minimum Gasteiger partial charge on any atom is -0.619 e. The average Bonchev–Trinajstić information content (AvgIpc) is 3.77. The second-order valence-corrected chi connectivity index (χ2v) is 14.5. The molecule has 1 atom stereocenters. The minimum atomic E-state index is -4.26. The molecule has 17 heteroatoms. The largest absolute Gasteiger partial charge is 0.619 e. The number of sulfonamides is 1.